The molecule has 1 fully saturated rings. The number of fused-ring (bicyclic) bond motifs is 3. The molecular formula is C18H19N3O2. The fourth-order valence-electron chi connectivity index (χ4n) is 3.81. The van der Waals surface area contributed by atoms with Crippen molar-refractivity contribution in [3.8, 4) is 0 Å². The van der Waals surface area contributed by atoms with Crippen molar-refractivity contribution in [3.05, 3.63) is 42.6 Å². The fraction of sp³-hybridized carbons (Fsp3) is 0.333. The Hall–Kier alpha value is -2.56. The molecule has 2 aromatic rings. The predicted octanol–water partition coefficient (Wildman–Crippen LogP) is 2.43. The second-order valence-corrected chi connectivity index (χ2v) is 6.45. The highest BCUT2D eigenvalue weighted by molar-refractivity contribution is 6.40. The lowest BCUT2D eigenvalue weighted by Crippen LogP contribution is -2.38. The van der Waals surface area contributed by atoms with E-state index >= 15 is 0 Å². The summed E-state index contributed by atoms with van der Waals surface area (Å²) in [6, 6.07) is 7.44. The predicted molar refractivity (Wildman–Crippen MR) is 88.8 cm³/mol. The van der Waals surface area contributed by atoms with Crippen LogP contribution in [0.1, 0.15) is 12.8 Å². The molecule has 5 heteroatoms. The molecule has 3 atom stereocenters. The third kappa shape index (κ3) is 2.63. The van der Waals surface area contributed by atoms with Gasteiger partial charge < -0.3 is 15.6 Å². The average molecular weight is 309 g/mol. The Kier molecular flexibility index (Phi) is 3.41. The maximum Gasteiger partial charge on any atom is 0.313 e. The van der Waals surface area contributed by atoms with Gasteiger partial charge in [-0.2, -0.15) is 0 Å². The molecule has 1 heterocycles. The largest absolute Gasteiger partial charge is 0.361 e. The zero-order valence-electron chi connectivity index (χ0n) is 12.7. The number of allylic oxidation sites excluding steroid dienone is 2. The second-order valence-electron chi connectivity index (χ2n) is 6.45. The minimum absolute atomic E-state index is 0.467. The number of benzene rings is 1. The molecule has 23 heavy (non-hydrogen) atoms. The standard InChI is InChI=1S/C18H19N3O2/c22-17(20-10-13-9-11-4-5-12(13)8-11)18(23)21-16-3-1-2-15-14(16)6-7-19-15/h1-7,11-13,19H,8-10H2,(H,20,22)(H,21,23)/t11-,12-,13+/m0/s1. The van der Waals surface area contributed by atoms with E-state index in [0.717, 1.165) is 17.3 Å². The van der Waals surface area contributed by atoms with E-state index in [1.807, 2.05) is 24.4 Å². The van der Waals surface area contributed by atoms with Crippen LogP contribution in [-0.4, -0.2) is 23.3 Å². The SMILES string of the molecule is O=C(NC[C@H]1C[C@H]2C=C[C@H]1C2)C(=O)Nc1cccc2[nH]ccc12. The van der Waals surface area contributed by atoms with Gasteiger partial charge in [-0.3, -0.25) is 9.59 Å². The molecule has 2 amide bonds. The van der Waals surface area contributed by atoms with Crippen molar-refractivity contribution in [3.63, 3.8) is 0 Å². The van der Waals surface area contributed by atoms with Gasteiger partial charge in [0.2, 0.25) is 0 Å². The molecule has 0 radical (unpaired) electrons. The summed E-state index contributed by atoms with van der Waals surface area (Å²) < 4.78 is 0. The highest BCUT2D eigenvalue weighted by atomic mass is 16.2. The second kappa shape index (κ2) is 5.57. The van der Waals surface area contributed by atoms with Gasteiger partial charge in [-0.1, -0.05) is 18.2 Å². The number of hydrogen-bond donors (Lipinski definition) is 3. The van der Waals surface area contributed by atoms with Gasteiger partial charge in [-0.05, 0) is 48.8 Å². The monoisotopic (exact) mass is 309 g/mol. The van der Waals surface area contributed by atoms with Gasteiger partial charge in [0.05, 0.1) is 5.69 Å². The van der Waals surface area contributed by atoms with E-state index in [2.05, 4.69) is 27.8 Å². The number of anilines is 1. The van der Waals surface area contributed by atoms with Crippen LogP contribution in [0.25, 0.3) is 10.9 Å². The van der Waals surface area contributed by atoms with Gasteiger partial charge >= 0.3 is 11.8 Å². The van der Waals surface area contributed by atoms with Crippen LogP contribution in [0.5, 0.6) is 0 Å². The minimum atomic E-state index is -0.614. The lowest BCUT2D eigenvalue weighted by molar-refractivity contribution is -0.136. The molecule has 3 N–H and O–H groups in total. The van der Waals surface area contributed by atoms with Crippen molar-refractivity contribution in [1.82, 2.24) is 10.3 Å². The van der Waals surface area contributed by atoms with Crippen LogP contribution >= 0.6 is 0 Å². The molecule has 118 valence electrons. The van der Waals surface area contributed by atoms with Gasteiger partial charge in [-0.25, -0.2) is 0 Å². The Labute approximate surface area is 134 Å². The smallest absolute Gasteiger partial charge is 0.313 e. The Bertz CT molecular complexity index is 792. The number of aromatic nitrogens is 1. The quantitative estimate of drug-likeness (QED) is 0.602. The van der Waals surface area contributed by atoms with Gasteiger partial charge in [0.1, 0.15) is 0 Å². The lowest BCUT2D eigenvalue weighted by Gasteiger charge is -2.18. The van der Waals surface area contributed by atoms with Crippen LogP contribution in [-0.2, 0) is 9.59 Å². The van der Waals surface area contributed by atoms with Crippen molar-refractivity contribution < 1.29 is 9.59 Å². The summed E-state index contributed by atoms with van der Waals surface area (Å²) in [6.45, 7) is 0.576. The number of rotatable bonds is 3. The number of carbonyl (C=O) groups excluding carboxylic acids is 2. The maximum absolute atomic E-state index is 12.1. The number of amides is 2. The fourth-order valence-corrected chi connectivity index (χ4v) is 3.81. The topological polar surface area (TPSA) is 74.0 Å². The van der Waals surface area contributed by atoms with E-state index in [1.165, 1.54) is 6.42 Å². The Morgan fingerprint density at radius 2 is 2.04 bits per heavy atom. The molecule has 1 aromatic heterocycles. The van der Waals surface area contributed by atoms with Crippen LogP contribution in [0.2, 0.25) is 0 Å². The third-order valence-corrected chi connectivity index (χ3v) is 4.99. The lowest BCUT2D eigenvalue weighted by atomic mass is 9.94. The minimum Gasteiger partial charge on any atom is -0.361 e. The number of aromatic amines is 1. The first-order valence-corrected chi connectivity index (χ1v) is 8.04. The molecule has 2 aliphatic carbocycles. The summed E-state index contributed by atoms with van der Waals surface area (Å²) in [5.41, 5.74) is 1.57. The molecule has 0 spiro atoms. The van der Waals surface area contributed by atoms with Gasteiger partial charge in [0, 0.05) is 23.6 Å². The summed E-state index contributed by atoms with van der Waals surface area (Å²) >= 11 is 0. The van der Waals surface area contributed by atoms with E-state index in [0.29, 0.717) is 30.0 Å². The van der Waals surface area contributed by atoms with Crippen LogP contribution < -0.4 is 10.6 Å². The number of carbonyl (C=O) groups is 2. The van der Waals surface area contributed by atoms with Crippen molar-refractivity contribution in [2.24, 2.45) is 17.8 Å². The van der Waals surface area contributed by atoms with Crippen molar-refractivity contribution in [2.45, 2.75) is 12.8 Å². The van der Waals surface area contributed by atoms with Crippen LogP contribution in [0.4, 0.5) is 5.69 Å². The van der Waals surface area contributed by atoms with Crippen molar-refractivity contribution in [2.75, 3.05) is 11.9 Å². The summed E-state index contributed by atoms with van der Waals surface area (Å²) in [6.07, 6.45) is 8.64. The van der Waals surface area contributed by atoms with Gasteiger partial charge in [0.25, 0.3) is 0 Å². The molecule has 0 aliphatic heterocycles. The molecule has 5 nitrogen and oxygen atoms in total. The normalized spacial score (nSPS) is 25.0. The van der Waals surface area contributed by atoms with Crippen LogP contribution in [0.3, 0.4) is 0 Å². The average Bonchev–Trinajstić information content (AvgIpc) is 3.28. The molecule has 0 saturated heterocycles. The van der Waals surface area contributed by atoms with Crippen molar-refractivity contribution in [1.29, 1.82) is 0 Å². The van der Waals surface area contributed by atoms with E-state index in [9.17, 15) is 9.59 Å². The van der Waals surface area contributed by atoms with E-state index < -0.39 is 11.8 Å². The summed E-state index contributed by atoms with van der Waals surface area (Å²) in [7, 11) is 0. The first-order valence-electron chi connectivity index (χ1n) is 8.04. The summed E-state index contributed by atoms with van der Waals surface area (Å²) in [4.78, 5) is 27.2. The number of nitrogens with one attached hydrogen (secondary N) is 3. The molecular weight excluding hydrogens is 290 g/mol. The van der Waals surface area contributed by atoms with Gasteiger partial charge in [-0.15, -0.1) is 0 Å². The molecule has 4 rings (SSSR count). The summed E-state index contributed by atoms with van der Waals surface area (Å²) in [5, 5.41) is 6.37. The zero-order valence-corrected chi connectivity index (χ0v) is 12.7. The number of H-pyrrole nitrogens is 1. The summed E-state index contributed by atoms with van der Waals surface area (Å²) in [5.74, 6) is 0.524. The van der Waals surface area contributed by atoms with Crippen LogP contribution in [0.15, 0.2) is 42.6 Å². The Morgan fingerprint density at radius 3 is 2.83 bits per heavy atom. The highest BCUT2D eigenvalue weighted by Gasteiger charge is 2.35. The van der Waals surface area contributed by atoms with Crippen molar-refractivity contribution >= 4 is 28.4 Å². The van der Waals surface area contributed by atoms with E-state index in [1.54, 1.807) is 6.07 Å². The molecule has 2 aliphatic rings. The maximum atomic E-state index is 12.1. The van der Waals surface area contributed by atoms with Crippen LogP contribution in [0, 0.1) is 17.8 Å². The Morgan fingerprint density at radius 1 is 1.13 bits per heavy atom. The molecule has 0 unspecified atom stereocenters. The molecule has 2 bridgehead atoms. The van der Waals surface area contributed by atoms with E-state index in [4.69, 9.17) is 0 Å². The molecule has 1 aromatic carbocycles. The third-order valence-electron chi connectivity index (χ3n) is 4.99. The molecule has 1 saturated carbocycles. The zero-order chi connectivity index (χ0) is 15.8. The first-order chi connectivity index (χ1) is 11.2. The first kappa shape index (κ1) is 14.1. The highest BCUT2D eigenvalue weighted by Crippen LogP contribution is 2.42. The van der Waals surface area contributed by atoms with Gasteiger partial charge in [0.15, 0.2) is 0 Å². The Balaban J connectivity index is 1.36. The van der Waals surface area contributed by atoms with E-state index in [-0.39, 0.29) is 0 Å². The number of hydrogen-bond acceptors (Lipinski definition) is 2.